The zero-order valence-electron chi connectivity index (χ0n) is 19.2. The quantitative estimate of drug-likeness (QED) is 0.237. The Balaban J connectivity index is 1.44. The van der Waals surface area contributed by atoms with Crippen LogP contribution in [0.25, 0.3) is 44.1 Å². The third kappa shape index (κ3) is 4.51. The Morgan fingerprint density at radius 3 is 1.53 bits per heavy atom. The molecule has 0 unspecified atom stereocenters. The summed E-state index contributed by atoms with van der Waals surface area (Å²) in [4.78, 5) is 9.72. The van der Waals surface area contributed by atoms with Gasteiger partial charge in [-0.25, -0.2) is 9.97 Å². The molecule has 5 aromatic carbocycles. The van der Waals surface area contributed by atoms with Gasteiger partial charge in [0.05, 0.1) is 11.4 Å². The lowest BCUT2D eigenvalue weighted by atomic mass is 9.97. The number of halogens is 2. The molecule has 0 spiro atoms. The summed E-state index contributed by atoms with van der Waals surface area (Å²) in [6.07, 6.45) is 0. The minimum absolute atomic E-state index is 0.560. The molecule has 0 aliphatic heterocycles. The molecule has 36 heavy (non-hydrogen) atoms. The van der Waals surface area contributed by atoms with E-state index in [9.17, 15) is 0 Å². The first kappa shape index (κ1) is 22.5. The van der Waals surface area contributed by atoms with Crippen molar-refractivity contribution >= 4 is 50.7 Å². The van der Waals surface area contributed by atoms with E-state index in [1.54, 1.807) is 0 Å². The lowest BCUT2D eigenvalue weighted by Crippen LogP contribution is -2.06. The Hall–Kier alpha value is -3.92. The van der Waals surface area contributed by atoms with E-state index in [4.69, 9.17) is 33.2 Å². The van der Waals surface area contributed by atoms with Gasteiger partial charge in [-0.05, 0) is 63.5 Å². The van der Waals surface area contributed by atoms with Gasteiger partial charge in [-0.3, -0.25) is 0 Å². The normalized spacial score (nSPS) is 11.2. The Morgan fingerprint density at radius 2 is 1.03 bits per heavy atom. The summed E-state index contributed by atoms with van der Waals surface area (Å²) in [5, 5.41) is 9.75. The van der Waals surface area contributed by atoms with E-state index in [0.29, 0.717) is 22.5 Å². The van der Waals surface area contributed by atoms with E-state index in [1.807, 2.05) is 54.6 Å². The van der Waals surface area contributed by atoms with Gasteiger partial charge >= 0.3 is 0 Å². The zero-order valence-corrected chi connectivity index (χ0v) is 20.8. The predicted octanol–water partition coefficient (Wildman–Crippen LogP) is 9.04. The van der Waals surface area contributed by atoms with E-state index < -0.39 is 0 Å². The molecule has 1 N–H and O–H groups in total. The van der Waals surface area contributed by atoms with Gasteiger partial charge in [0, 0.05) is 27.7 Å². The Labute approximate surface area is 219 Å². The maximum atomic E-state index is 6.13. The summed E-state index contributed by atoms with van der Waals surface area (Å²) in [6.45, 7) is 0.589. The minimum Gasteiger partial charge on any atom is -0.350 e. The Morgan fingerprint density at radius 1 is 0.556 bits per heavy atom. The molecule has 0 aliphatic carbocycles. The van der Waals surface area contributed by atoms with E-state index in [1.165, 1.54) is 27.1 Å². The molecule has 0 fully saturated rings. The second-order valence-corrected chi connectivity index (χ2v) is 9.50. The molecule has 3 nitrogen and oxygen atoms in total. The largest absolute Gasteiger partial charge is 0.350 e. The van der Waals surface area contributed by atoms with Crippen LogP contribution in [0.5, 0.6) is 0 Å². The number of fused-ring (bicyclic) bond motifs is 2. The first-order valence-electron chi connectivity index (χ1n) is 11.7. The fourth-order valence-electron chi connectivity index (χ4n) is 4.53. The molecule has 0 saturated heterocycles. The van der Waals surface area contributed by atoms with Crippen molar-refractivity contribution in [3.8, 4) is 22.5 Å². The average Bonchev–Trinajstić information content (AvgIpc) is 2.91. The highest BCUT2D eigenvalue weighted by molar-refractivity contribution is 6.30. The molecule has 174 valence electrons. The molecule has 0 atom stereocenters. The van der Waals surface area contributed by atoms with Gasteiger partial charge < -0.3 is 5.32 Å². The molecule has 1 aromatic heterocycles. The molecule has 0 amide bonds. The number of benzene rings is 5. The van der Waals surface area contributed by atoms with Gasteiger partial charge in [0.15, 0.2) is 0 Å². The van der Waals surface area contributed by atoms with Crippen molar-refractivity contribution < 1.29 is 0 Å². The van der Waals surface area contributed by atoms with Crippen molar-refractivity contribution in [2.24, 2.45) is 0 Å². The van der Waals surface area contributed by atoms with Crippen LogP contribution in [0.3, 0.4) is 0 Å². The lowest BCUT2D eigenvalue weighted by molar-refractivity contribution is 1.07. The van der Waals surface area contributed by atoms with E-state index >= 15 is 0 Å². The molecule has 0 radical (unpaired) electrons. The summed E-state index contributed by atoms with van der Waals surface area (Å²) in [5.74, 6) is 0.560. The predicted molar refractivity (Wildman–Crippen MR) is 152 cm³/mol. The maximum absolute atomic E-state index is 6.13. The number of anilines is 1. The van der Waals surface area contributed by atoms with Crippen LogP contribution in [0, 0.1) is 0 Å². The van der Waals surface area contributed by atoms with Crippen LogP contribution < -0.4 is 5.32 Å². The van der Waals surface area contributed by atoms with Gasteiger partial charge in [-0.15, -0.1) is 0 Å². The first-order valence-corrected chi connectivity index (χ1v) is 12.4. The second-order valence-electron chi connectivity index (χ2n) is 8.63. The zero-order chi connectivity index (χ0) is 24.5. The summed E-state index contributed by atoms with van der Waals surface area (Å²) in [5.41, 5.74) is 4.79. The van der Waals surface area contributed by atoms with Crippen LogP contribution in [0.4, 0.5) is 5.95 Å². The molecule has 0 bridgehead atoms. The summed E-state index contributed by atoms with van der Waals surface area (Å²) in [7, 11) is 0. The van der Waals surface area contributed by atoms with Crippen LogP contribution in [0.15, 0.2) is 109 Å². The number of rotatable bonds is 5. The van der Waals surface area contributed by atoms with E-state index in [-0.39, 0.29) is 0 Å². The van der Waals surface area contributed by atoms with Crippen molar-refractivity contribution in [3.63, 3.8) is 0 Å². The van der Waals surface area contributed by atoms with Gasteiger partial charge in [-0.2, -0.15) is 0 Å². The number of nitrogens with zero attached hydrogens (tertiary/aromatic N) is 2. The highest BCUT2D eigenvalue weighted by Gasteiger charge is 2.12. The summed E-state index contributed by atoms with van der Waals surface area (Å²) in [6, 6.07) is 36.6. The molecule has 6 rings (SSSR count). The van der Waals surface area contributed by atoms with Gasteiger partial charge in [0.1, 0.15) is 0 Å². The fraction of sp³-hybridized carbons (Fsp3) is 0.0323. The topological polar surface area (TPSA) is 37.8 Å². The van der Waals surface area contributed by atoms with Gasteiger partial charge in [0.25, 0.3) is 0 Å². The second kappa shape index (κ2) is 9.62. The third-order valence-corrected chi connectivity index (χ3v) is 6.82. The summed E-state index contributed by atoms with van der Waals surface area (Å²) < 4.78 is 0. The fourth-order valence-corrected chi connectivity index (χ4v) is 4.78. The molecule has 5 heteroatoms. The summed E-state index contributed by atoms with van der Waals surface area (Å²) >= 11 is 12.3. The van der Waals surface area contributed by atoms with Crippen LogP contribution in [0.1, 0.15) is 5.56 Å². The van der Waals surface area contributed by atoms with Crippen LogP contribution in [0.2, 0.25) is 10.0 Å². The lowest BCUT2D eigenvalue weighted by Gasteiger charge is -2.14. The van der Waals surface area contributed by atoms with Crippen molar-refractivity contribution in [1.82, 2.24) is 9.97 Å². The molecule has 6 aromatic rings. The number of hydrogen-bond donors (Lipinski definition) is 1. The Bertz CT molecular complexity index is 1580. The highest BCUT2D eigenvalue weighted by atomic mass is 35.5. The molecule has 0 saturated carbocycles. The van der Waals surface area contributed by atoms with Crippen molar-refractivity contribution in [2.45, 2.75) is 6.54 Å². The minimum atomic E-state index is 0.560. The molecule has 0 aliphatic rings. The standard InChI is InChI=1S/C31H21Cl2N3/c32-24-13-9-20(10-14-24)29-18-30(21-11-15-25(33)16-12-21)36-31(35-29)34-19-28-26-7-3-1-5-22(26)17-23-6-2-4-8-27(23)28/h1-18H,19H2,(H,34,35,36). The van der Waals surface area contributed by atoms with Gasteiger partial charge in [-0.1, -0.05) is 96.0 Å². The first-order chi connectivity index (χ1) is 17.6. The van der Waals surface area contributed by atoms with Crippen LogP contribution in [-0.4, -0.2) is 9.97 Å². The van der Waals surface area contributed by atoms with E-state index in [0.717, 1.165) is 22.5 Å². The monoisotopic (exact) mass is 505 g/mol. The number of nitrogens with one attached hydrogen (secondary N) is 1. The average molecular weight is 506 g/mol. The number of aromatic nitrogens is 2. The van der Waals surface area contributed by atoms with Crippen molar-refractivity contribution in [1.29, 1.82) is 0 Å². The highest BCUT2D eigenvalue weighted by Crippen LogP contribution is 2.30. The van der Waals surface area contributed by atoms with Gasteiger partial charge in [0.2, 0.25) is 5.95 Å². The number of hydrogen-bond acceptors (Lipinski definition) is 3. The molecule has 1 heterocycles. The Kier molecular flexibility index (Phi) is 6.02. The van der Waals surface area contributed by atoms with E-state index in [2.05, 4.69) is 59.9 Å². The maximum Gasteiger partial charge on any atom is 0.224 e. The van der Waals surface area contributed by atoms with Crippen molar-refractivity contribution in [3.05, 3.63) is 125 Å². The third-order valence-electron chi connectivity index (χ3n) is 6.31. The molecular weight excluding hydrogens is 485 g/mol. The smallest absolute Gasteiger partial charge is 0.224 e. The van der Waals surface area contributed by atoms with Crippen molar-refractivity contribution in [2.75, 3.05) is 5.32 Å². The molecular formula is C31H21Cl2N3. The van der Waals surface area contributed by atoms with Crippen LogP contribution >= 0.6 is 23.2 Å². The van der Waals surface area contributed by atoms with Crippen LogP contribution in [-0.2, 0) is 6.54 Å². The SMILES string of the molecule is Clc1ccc(-c2cc(-c3ccc(Cl)cc3)nc(NCc3c4ccccc4cc4ccccc34)n2)cc1.